The van der Waals surface area contributed by atoms with Gasteiger partial charge >= 0.3 is 0 Å². The molecule has 5 heterocycles. The zero-order valence-corrected chi connectivity index (χ0v) is 22.1. The zero-order chi connectivity index (χ0) is 27.7. The highest BCUT2D eigenvalue weighted by Gasteiger charge is 2.63. The van der Waals surface area contributed by atoms with Gasteiger partial charge in [0, 0.05) is 17.4 Å². The summed E-state index contributed by atoms with van der Waals surface area (Å²) in [6.07, 6.45) is 4.18. The van der Waals surface area contributed by atoms with E-state index in [1.807, 2.05) is 67.6 Å². The predicted molar refractivity (Wildman–Crippen MR) is 147 cm³/mol. The van der Waals surface area contributed by atoms with Crippen molar-refractivity contribution in [2.75, 3.05) is 17.2 Å². The number of pyridine rings is 1. The molecule has 202 valence electrons. The van der Waals surface area contributed by atoms with Gasteiger partial charge in [-0.25, -0.2) is 4.98 Å². The Morgan fingerprint density at radius 3 is 2.55 bits per heavy atom. The Labute approximate surface area is 231 Å². The van der Waals surface area contributed by atoms with E-state index in [-0.39, 0.29) is 30.2 Å². The summed E-state index contributed by atoms with van der Waals surface area (Å²) in [5.41, 5.74) is 1.32. The lowest BCUT2D eigenvalue weighted by atomic mass is 9.68. The number of rotatable bonds is 5. The number of piperazine rings is 1. The van der Waals surface area contributed by atoms with Crippen molar-refractivity contribution in [3.8, 4) is 0 Å². The Kier molecular flexibility index (Phi) is 5.20. The minimum atomic E-state index is -1.23. The molecule has 3 atom stereocenters. The van der Waals surface area contributed by atoms with Crippen molar-refractivity contribution >= 4 is 35.1 Å². The van der Waals surface area contributed by atoms with E-state index in [0.717, 1.165) is 16.7 Å². The SMILES string of the molecule is CCC12CCC(c3ccccc3)(C(=O)N1)N(CC(=O)Nc1ccc3c(c1)C[C@@]1(C3)C(=O)Nc3ncccc31)C2=O. The maximum Gasteiger partial charge on any atom is 0.251 e. The average Bonchev–Trinajstić information content (AvgIpc) is 3.48. The van der Waals surface area contributed by atoms with Crippen LogP contribution >= 0.6 is 0 Å². The van der Waals surface area contributed by atoms with Gasteiger partial charge in [-0.15, -0.1) is 0 Å². The van der Waals surface area contributed by atoms with Crippen molar-refractivity contribution in [2.45, 2.75) is 55.5 Å². The number of anilines is 2. The third-order valence-electron chi connectivity index (χ3n) is 9.38. The quantitative estimate of drug-likeness (QED) is 0.464. The van der Waals surface area contributed by atoms with E-state index in [9.17, 15) is 19.2 Å². The number of hydrogen-bond acceptors (Lipinski definition) is 5. The van der Waals surface area contributed by atoms with Gasteiger partial charge < -0.3 is 20.9 Å². The Bertz CT molecular complexity index is 1610. The number of benzene rings is 2. The van der Waals surface area contributed by atoms with Crippen LogP contribution in [0.25, 0.3) is 0 Å². The summed E-state index contributed by atoms with van der Waals surface area (Å²) in [7, 11) is 0. The van der Waals surface area contributed by atoms with E-state index in [1.165, 1.54) is 4.90 Å². The van der Waals surface area contributed by atoms with Gasteiger partial charge in [0.25, 0.3) is 5.91 Å². The topological polar surface area (TPSA) is 120 Å². The minimum absolute atomic E-state index is 0.0593. The smallest absolute Gasteiger partial charge is 0.251 e. The summed E-state index contributed by atoms with van der Waals surface area (Å²) in [6, 6.07) is 18.7. The first kappa shape index (κ1) is 24.5. The van der Waals surface area contributed by atoms with Crippen LogP contribution in [0, 0.1) is 0 Å². The number of nitrogens with zero attached hydrogens (tertiary/aromatic N) is 2. The Hall–Kier alpha value is -4.53. The molecule has 1 aliphatic carbocycles. The Balaban J connectivity index is 1.15. The second kappa shape index (κ2) is 8.48. The van der Waals surface area contributed by atoms with Gasteiger partial charge in [-0.1, -0.05) is 49.4 Å². The summed E-state index contributed by atoms with van der Waals surface area (Å²) in [5.74, 6) is -0.301. The number of hydrogen-bond donors (Lipinski definition) is 3. The number of nitrogens with one attached hydrogen (secondary N) is 3. The predicted octanol–water partition coefficient (Wildman–Crippen LogP) is 2.81. The molecule has 8 rings (SSSR count). The molecule has 2 bridgehead atoms. The molecule has 1 spiro atoms. The van der Waals surface area contributed by atoms with E-state index in [4.69, 9.17) is 0 Å². The number of carbonyl (C=O) groups is 4. The maximum atomic E-state index is 13.8. The molecule has 3 saturated heterocycles. The minimum Gasteiger partial charge on any atom is -0.339 e. The van der Waals surface area contributed by atoms with Gasteiger partial charge in [-0.3, -0.25) is 19.2 Å². The number of carbonyl (C=O) groups excluding carboxylic acids is 4. The van der Waals surface area contributed by atoms with E-state index >= 15 is 0 Å². The first-order valence-electron chi connectivity index (χ1n) is 13.7. The van der Waals surface area contributed by atoms with Crippen LogP contribution in [0.4, 0.5) is 11.5 Å². The maximum absolute atomic E-state index is 13.8. The molecule has 3 fully saturated rings. The second-order valence-corrected chi connectivity index (χ2v) is 11.3. The van der Waals surface area contributed by atoms with Crippen molar-refractivity contribution in [3.63, 3.8) is 0 Å². The molecular formula is C31H29N5O4. The summed E-state index contributed by atoms with van der Waals surface area (Å²) < 4.78 is 0. The molecular weight excluding hydrogens is 506 g/mol. The lowest BCUT2D eigenvalue weighted by Gasteiger charge is -2.57. The molecule has 0 saturated carbocycles. The highest BCUT2D eigenvalue weighted by Crippen LogP contribution is 2.48. The van der Waals surface area contributed by atoms with Crippen molar-refractivity contribution < 1.29 is 19.2 Å². The van der Waals surface area contributed by atoms with Crippen LogP contribution in [0.1, 0.15) is 48.4 Å². The lowest BCUT2D eigenvalue weighted by molar-refractivity contribution is -0.174. The number of amides is 4. The fourth-order valence-corrected chi connectivity index (χ4v) is 7.20. The molecule has 9 heteroatoms. The first-order valence-corrected chi connectivity index (χ1v) is 13.7. The van der Waals surface area contributed by atoms with Crippen molar-refractivity contribution in [1.29, 1.82) is 0 Å². The van der Waals surface area contributed by atoms with Crippen molar-refractivity contribution in [3.05, 3.63) is 89.1 Å². The standard InChI is InChI=1S/C31H29N5O4/c1-2-30-12-13-31(27(39)35-30,21-7-4-3-5-8-21)36(28(30)40)18-24(37)33-22-11-10-19-16-29(17-20(19)15-22)23-9-6-14-32-25(23)34-26(29)38/h3-11,14-15H,2,12-13,16-18H2,1H3,(H,33,37)(H,35,39)(H,32,34,38)/t29-,30?,31?/m1/s1. The molecule has 2 unspecified atom stereocenters. The second-order valence-electron chi connectivity index (χ2n) is 11.3. The highest BCUT2D eigenvalue weighted by atomic mass is 16.2. The van der Waals surface area contributed by atoms with E-state index < -0.39 is 16.5 Å². The van der Waals surface area contributed by atoms with E-state index in [1.54, 1.807) is 6.20 Å². The molecule has 4 amide bonds. The van der Waals surface area contributed by atoms with Crippen LogP contribution < -0.4 is 16.0 Å². The fourth-order valence-electron chi connectivity index (χ4n) is 7.20. The lowest BCUT2D eigenvalue weighted by Crippen LogP contribution is -2.78. The van der Waals surface area contributed by atoms with Gasteiger partial charge in [-0.2, -0.15) is 0 Å². The molecule has 40 heavy (non-hydrogen) atoms. The summed E-state index contributed by atoms with van der Waals surface area (Å²) in [6.45, 7) is 1.64. The van der Waals surface area contributed by atoms with Gasteiger partial charge in [0.2, 0.25) is 17.7 Å². The molecule has 3 aromatic rings. The van der Waals surface area contributed by atoms with Crippen LogP contribution in [0.5, 0.6) is 0 Å². The van der Waals surface area contributed by atoms with Gasteiger partial charge in [0.1, 0.15) is 23.4 Å². The van der Waals surface area contributed by atoms with Crippen LogP contribution in [0.2, 0.25) is 0 Å². The number of piperidine rings is 2. The summed E-state index contributed by atoms with van der Waals surface area (Å²) in [4.78, 5) is 59.6. The largest absolute Gasteiger partial charge is 0.339 e. The molecule has 2 aromatic carbocycles. The number of fused-ring (bicyclic) bond motifs is 6. The molecule has 5 aliphatic rings. The molecule has 9 nitrogen and oxygen atoms in total. The Morgan fingerprint density at radius 2 is 1.77 bits per heavy atom. The van der Waals surface area contributed by atoms with E-state index in [2.05, 4.69) is 20.9 Å². The number of aromatic nitrogens is 1. The van der Waals surface area contributed by atoms with Gasteiger partial charge in [-0.05, 0) is 67.0 Å². The summed E-state index contributed by atoms with van der Waals surface area (Å²) in [5, 5.41) is 8.84. The summed E-state index contributed by atoms with van der Waals surface area (Å²) >= 11 is 0. The Morgan fingerprint density at radius 1 is 0.975 bits per heavy atom. The molecule has 0 radical (unpaired) electrons. The van der Waals surface area contributed by atoms with Crippen LogP contribution in [-0.4, -0.2) is 45.6 Å². The fraction of sp³-hybridized carbons (Fsp3) is 0.323. The highest BCUT2D eigenvalue weighted by molar-refractivity contribution is 6.07. The third kappa shape index (κ3) is 3.23. The van der Waals surface area contributed by atoms with Crippen LogP contribution in [0.15, 0.2) is 66.9 Å². The van der Waals surface area contributed by atoms with Crippen molar-refractivity contribution in [1.82, 2.24) is 15.2 Å². The molecule has 3 N–H and O–H groups in total. The van der Waals surface area contributed by atoms with Crippen LogP contribution in [-0.2, 0) is 43.0 Å². The van der Waals surface area contributed by atoms with Gasteiger partial charge in [0.15, 0.2) is 0 Å². The molecule has 1 aromatic heterocycles. The van der Waals surface area contributed by atoms with E-state index in [0.29, 0.717) is 49.2 Å². The zero-order valence-electron chi connectivity index (χ0n) is 22.1. The van der Waals surface area contributed by atoms with Gasteiger partial charge in [0.05, 0.1) is 5.41 Å². The van der Waals surface area contributed by atoms with Crippen molar-refractivity contribution in [2.24, 2.45) is 0 Å². The first-order chi connectivity index (χ1) is 19.3. The van der Waals surface area contributed by atoms with Crippen LogP contribution in [0.3, 0.4) is 0 Å². The third-order valence-corrected chi connectivity index (χ3v) is 9.38. The average molecular weight is 536 g/mol. The monoisotopic (exact) mass is 535 g/mol. The molecule has 4 aliphatic heterocycles. The normalized spacial score (nSPS) is 27.8.